The molecule has 1 unspecified atom stereocenters. The summed E-state index contributed by atoms with van der Waals surface area (Å²) in [4.78, 5) is 37.7. The third kappa shape index (κ3) is 4.31. The van der Waals surface area contributed by atoms with E-state index in [0.717, 1.165) is 42.3 Å². The highest BCUT2D eigenvalue weighted by Gasteiger charge is 2.32. The Bertz CT molecular complexity index is 1420. The lowest BCUT2D eigenvalue weighted by Crippen LogP contribution is -2.56. The number of hydrogen-bond acceptors (Lipinski definition) is 9. The first kappa shape index (κ1) is 23.2. The minimum Gasteiger partial charge on any atom is -0.489 e. The van der Waals surface area contributed by atoms with E-state index < -0.39 is 11.5 Å². The van der Waals surface area contributed by atoms with Crippen molar-refractivity contribution in [1.82, 2.24) is 14.9 Å². The number of hydrogen-bond donors (Lipinski definition) is 4. The molecule has 1 fully saturated rings. The van der Waals surface area contributed by atoms with Gasteiger partial charge < -0.3 is 40.2 Å². The van der Waals surface area contributed by atoms with E-state index in [1.54, 1.807) is 12.3 Å². The molecule has 1 saturated heterocycles. The number of aromatic amines is 1. The second-order valence-corrected chi connectivity index (χ2v) is 9.53. The number of nitrogens with one attached hydrogen (secondary N) is 4. The number of nitrogens with zero attached hydrogens (tertiary/aromatic N) is 3. The number of piperazine rings is 1. The van der Waals surface area contributed by atoms with Crippen LogP contribution in [0.25, 0.3) is 0 Å². The lowest BCUT2D eigenvalue weighted by Gasteiger charge is -2.44. The van der Waals surface area contributed by atoms with Gasteiger partial charge in [0.15, 0.2) is 0 Å². The van der Waals surface area contributed by atoms with E-state index in [0.29, 0.717) is 48.7 Å². The first-order valence-corrected chi connectivity index (χ1v) is 12.4. The van der Waals surface area contributed by atoms with Crippen LogP contribution in [0.4, 0.5) is 28.4 Å². The molecule has 11 nitrogen and oxygen atoms in total. The SMILES string of the molecule is Cc1c(Nc2cc[nH]c(=O)c2C(=O)Nc2ccc3c(c2)OCC2CN(C)CCN32)cnc2c1NCCO2. The highest BCUT2D eigenvalue weighted by atomic mass is 16.5. The van der Waals surface area contributed by atoms with Crippen LogP contribution in [0.5, 0.6) is 11.6 Å². The van der Waals surface area contributed by atoms with E-state index in [1.165, 1.54) is 6.20 Å². The molecule has 0 spiro atoms. The molecule has 0 saturated carbocycles. The number of ether oxygens (including phenoxy) is 2. The number of carbonyl (C=O) groups excluding carboxylic acids is 1. The predicted octanol–water partition coefficient (Wildman–Crippen LogP) is 2.39. The van der Waals surface area contributed by atoms with E-state index in [2.05, 4.69) is 42.8 Å². The molecular weight excluding hydrogens is 474 g/mol. The van der Waals surface area contributed by atoms with Gasteiger partial charge in [0.2, 0.25) is 5.88 Å². The Morgan fingerprint density at radius 3 is 2.97 bits per heavy atom. The second-order valence-electron chi connectivity index (χ2n) is 9.53. The van der Waals surface area contributed by atoms with Crippen LogP contribution in [0, 0.1) is 6.92 Å². The molecule has 1 aromatic carbocycles. The van der Waals surface area contributed by atoms with Crippen molar-refractivity contribution in [3.8, 4) is 11.6 Å². The van der Waals surface area contributed by atoms with E-state index >= 15 is 0 Å². The van der Waals surface area contributed by atoms with Gasteiger partial charge in [-0.15, -0.1) is 0 Å². The molecule has 0 radical (unpaired) electrons. The molecule has 4 N–H and O–H groups in total. The first-order chi connectivity index (χ1) is 18.0. The topological polar surface area (TPSA) is 124 Å². The van der Waals surface area contributed by atoms with Gasteiger partial charge in [0.05, 0.1) is 29.3 Å². The van der Waals surface area contributed by atoms with Crippen molar-refractivity contribution in [2.75, 3.05) is 67.3 Å². The number of aromatic nitrogens is 2. The minimum absolute atomic E-state index is 0.0263. The van der Waals surface area contributed by atoms with Crippen LogP contribution >= 0.6 is 0 Å². The van der Waals surface area contributed by atoms with Gasteiger partial charge in [0.1, 0.15) is 30.2 Å². The zero-order chi connectivity index (χ0) is 25.5. The Morgan fingerprint density at radius 2 is 2.08 bits per heavy atom. The number of rotatable bonds is 4. The van der Waals surface area contributed by atoms with Crippen molar-refractivity contribution in [2.24, 2.45) is 0 Å². The lowest BCUT2D eigenvalue weighted by molar-refractivity contribution is 0.102. The summed E-state index contributed by atoms with van der Waals surface area (Å²) in [6.45, 7) is 6.61. The van der Waals surface area contributed by atoms with Crippen LogP contribution in [0.3, 0.4) is 0 Å². The van der Waals surface area contributed by atoms with Crippen LogP contribution in [-0.2, 0) is 0 Å². The molecule has 3 aromatic rings. The molecule has 37 heavy (non-hydrogen) atoms. The monoisotopic (exact) mass is 503 g/mol. The van der Waals surface area contributed by atoms with Crippen molar-refractivity contribution in [1.29, 1.82) is 0 Å². The second kappa shape index (κ2) is 9.32. The van der Waals surface area contributed by atoms with Gasteiger partial charge in [-0.2, -0.15) is 0 Å². The molecule has 192 valence electrons. The Kier molecular flexibility index (Phi) is 5.84. The Hall–Kier alpha value is -4.25. The molecule has 0 bridgehead atoms. The van der Waals surface area contributed by atoms with E-state index in [1.807, 2.05) is 25.1 Å². The van der Waals surface area contributed by atoms with Gasteiger partial charge in [0, 0.05) is 49.7 Å². The number of likely N-dealkylation sites (N-methyl/N-ethyl adjacent to an activating group) is 1. The van der Waals surface area contributed by atoms with Crippen molar-refractivity contribution < 1.29 is 14.3 Å². The maximum atomic E-state index is 13.3. The van der Waals surface area contributed by atoms with Crippen LogP contribution in [0.1, 0.15) is 15.9 Å². The molecule has 3 aliphatic rings. The fourth-order valence-electron chi connectivity index (χ4n) is 5.09. The average molecular weight is 504 g/mol. The largest absolute Gasteiger partial charge is 0.489 e. The zero-order valence-corrected chi connectivity index (χ0v) is 20.8. The molecule has 6 rings (SSSR count). The zero-order valence-electron chi connectivity index (χ0n) is 20.8. The van der Waals surface area contributed by atoms with Crippen molar-refractivity contribution in [2.45, 2.75) is 13.0 Å². The predicted molar refractivity (Wildman–Crippen MR) is 142 cm³/mol. The normalized spacial score (nSPS) is 18.3. The average Bonchev–Trinajstić information content (AvgIpc) is 2.90. The minimum atomic E-state index is -0.525. The van der Waals surface area contributed by atoms with Gasteiger partial charge in [-0.3, -0.25) is 9.59 Å². The highest BCUT2D eigenvalue weighted by Crippen LogP contribution is 2.38. The summed E-state index contributed by atoms with van der Waals surface area (Å²) < 4.78 is 11.6. The molecule has 5 heterocycles. The summed E-state index contributed by atoms with van der Waals surface area (Å²) in [6, 6.07) is 7.59. The Morgan fingerprint density at radius 1 is 1.19 bits per heavy atom. The quantitative estimate of drug-likeness (QED) is 0.425. The van der Waals surface area contributed by atoms with Gasteiger partial charge >= 0.3 is 0 Å². The molecule has 11 heteroatoms. The summed E-state index contributed by atoms with van der Waals surface area (Å²) in [6.07, 6.45) is 3.14. The lowest BCUT2D eigenvalue weighted by atomic mass is 10.1. The van der Waals surface area contributed by atoms with E-state index in [-0.39, 0.29) is 5.56 Å². The third-order valence-corrected chi connectivity index (χ3v) is 7.05. The fraction of sp³-hybridized carbons (Fsp3) is 0.346. The third-order valence-electron chi connectivity index (χ3n) is 7.05. The molecule has 0 aliphatic carbocycles. The maximum Gasteiger partial charge on any atom is 0.263 e. The van der Waals surface area contributed by atoms with Gasteiger partial charge in [0.25, 0.3) is 11.5 Å². The summed E-state index contributed by atoms with van der Waals surface area (Å²) in [7, 11) is 2.12. The van der Waals surface area contributed by atoms with Crippen LogP contribution in [0.15, 0.2) is 41.5 Å². The Labute approximate surface area is 213 Å². The maximum absolute atomic E-state index is 13.3. The number of carbonyl (C=O) groups is 1. The number of fused-ring (bicyclic) bond motifs is 4. The number of H-pyrrole nitrogens is 1. The molecule has 2 aromatic heterocycles. The number of anilines is 5. The standard InChI is InChI=1S/C26H29N7O4/c1-15-19(12-29-26-23(15)27-7-10-36-26)31-18-5-6-28-24(34)22(18)25(35)30-16-3-4-20-21(11-16)37-14-17-13-32(2)8-9-33(17)20/h3-6,11-12,17,27H,7-10,13-14H2,1-2H3,(H,30,35)(H2,28,31,34). The molecular formula is C26H29N7O4. The summed E-state index contributed by atoms with van der Waals surface area (Å²) in [5.74, 6) is 0.739. The smallest absolute Gasteiger partial charge is 0.263 e. The summed E-state index contributed by atoms with van der Waals surface area (Å²) in [5, 5.41) is 9.36. The Balaban J connectivity index is 1.25. The number of pyridine rings is 2. The van der Waals surface area contributed by atoms with Crippen LogP contribution in [0.2, 0.25) is 0 Å². The van der Waals surface area contributed by atoms with Gasteiger partial charge in [-0.25, -0.2) is 4.98 Å². The summed E-state index contributed by atoms with van der Waals surface area (Å²) in [5.41, 5.74) is 3.77. The number of amides is 1. The number of benzene rings is 1. The fourth-order valence-corrected chi connectivity index (χ4v) is 5.09. The van der Waals surface area contributed by atoms with E-state index in [9.17, 15) is 9.59 Å². The molecule has 1 atom stereocenters. The summed E-state index contributed by atoms with van der Waals surface area (Å²) >= 11 is 0. The van der Waals surface area contributed by atoms with Crippen molar-refractivity contribution >= 4 is 34.3 Å². The van der Waals surface area contributed by atoms with Gasteiger partial charge in [-0.05, 0) is 32.2 Å². The van der Waals surface area contributed by atoms with Gasteiger partial charge in [-0.1, -0.05) is 0 Å². The highest BCUT2D eigenvalue weighted by molar-refractivity contribution is 6.08. The van der Waals surface area contributed by atoms with Crippen LogP contribution < -0.4 is 35.9 Å². The van der Waals surface area contributed by atoms with Crippen molar-refractivity contribution in [3.05, 3.63) is 58.1 Å². The van der Waals surface area contributed by atoms with Crippen molar-refractivity contribution in [3.63, 3.8) is 0 Å². The van der Waals surface area contributed by atoms with E-state index in [4.69, 9.17) is 9.47 Å². The molecule has 3 aliphatic heterocycles. The molecule has 1 amide bonds. The van der Waals surface area contributed by atoms with Crippen LogP contribution in [-0.4, -0.2) is 73.3 Å². The first-order valence-electron chi connectivity index (χ1n) is 12.4.